The number of fused-ring (bicyclic) bond motifs is 6. The number of aliphatic hydroxyl groups excluding tert-OH is 3. The maximum atomic E-state index is 14.8. The minimum Gasteiger partial charge on any atom is -0.473 e. The highest BCUT2D eigenvalue weighted by Crippen LogP contribution is 2.59. The molecular formula is C31H38N2O9S2. The van der Waals surface area contributed by atoms with Crippen molar-refractivity contribution in [3.05, 3.63) is 59.6 Å². The van der Waals surface area contributed by atoms with Crippen molar-refractivity contribution in [2.75, 3.05) is 12.5 Å². The first-order chi connectivity index (χ1) is 20.8. The van der Waals surface area contributed by atoms with Crippen LogP contribution in [-0.2, 0) is 28.7 Å². The van der Waals surface area contributed by atoms with Crippen molar-refractivity contribution in [1.29, 1.82) is 0 Å². The van der Waals surface area contributed by atoms with Gasteiger partial charge in [0.2, 0.25) is 0 Å². The molecule has 5 rings (SSSR count). The molecular weight excluding hydrogens is 608 g/mol. The number of nitrogens with zero attached hydrogens (tertiary/aromatic N) is 2. The Bertz CT molecular complexity index is 1420. The van der Waals surface area contributed by atoms with Crippen LogP contribution in [0.4, 0.5) is 0 Å². The number of hydrogen-bond acceptors (Lipinski definition) is 11. The second-order valence-corrected chi connectivity index (χ2v) is 13.8. The van der Waals surface area contributed by atoms with E-state index in [1.807, 2.05) is 0 Å². The molecule has 10 atom stereocenters. The first-order valence-electron chi connectivity index (χ1n) is 14.4. The Labute approximate surface area is 264 Å². The molecule has 238 valence electrons. The van der Waals surface area contributed by atoms with Crippen molar-refractivity contribution in [3.63, 3.8) is 0 Å². The van der Waals surface area contributed by atoms with Gasteiger partial charge in [-0.1, -0.05) is 31.2 Å². The molecule has 11 nitrogen and oxygen atoms in total. The second-order valence-electron chi connectivity index (χ2n) is 11.7. The van der Waals surface area contributed by atoms with Crippen LogP contribution >= 0.6 is 23.5 Å². The molecule has 5 aliphatic rings. The van der Waals surface area contributed by atoms with Crippen LogP contribution in [-0.4, -0.2) is 107 Å². The van der Waals surface area contributed by atoms with E-state index in [0.29, 0.717) is 16.7 Å². The Morgan fingerprint density at radius 2 is 1.80 bits per heavy atom. The molecule has 10 unspecified atom stereocenters. The maximum absolute atomic E-state index is 14.8. The number of piperazine rings is 1. The van der Waals surface area contributed by atoms with Gasteiger partial charge in [0.1, 0.15) is 12.2 Å². The average molecular weight is 647 g/mol. The highest BCUT2D eigenvalue weighted by molar-refractivity contribution is 8.01. The third kappa shape index (κ3) is 4.45. The fraction of sp³-hybridized carbons (Fsp3) is 0.548. The molecule has 13 heteroatoms. The quantitative estimate of drug-likeness (QED) is 0.261. The number of esters is 1. The van der Waals surface area contributed by atoms with Gasteiger partial charge in [0.15, 0.2) is 15.5 Å². The van der Waals surface area contributed by atoms with Crippen molar-refractivity contribution in [1.82, 2.24) is 9.80 Å². The van der Waals surface area contributed by atoms with Gasteiger partial charge in [-0.05, 0) is 56.1 Å². The molecule has 3 saturated heterocycles. The fourth-order valence-electron chi connectivity index (χ4n) is 6.94. The number of amides is 2. The summed E-state index contributed by atoms with van der Waals surface area (Å²) >= 11 is 2.17. The molecule has 0 aromatic heterocycles. The first-order valence-corrected chi connectivity index (χ1v) is 16.9. The predicted molar refractivity (Wildman–Crippen MR) is 165 cm³/mol. The lowest BCUT2D eigenvalue weighted by atomic mass is 9.87. The summed E-state index contributed by atoms with van der Waals surface area (Å²) in [6.07, 6.45) is 9.03. The second kappa shape index (κ2) is 11.8. The highest BCUT2D eigenvalue weighted by atomic mass is 32.2. The number of ether oxygens (including phenoxy) is 2. The Morgan fingerprint density at radius 1 is 1.09 bits per heavy atom. The number of thioether (sulfide) groups is 2. The van der Waals surface area contributed by atoms with Crippen molar-refractivity contribution in [3.8, 4) is 0 Å². The Kier molecular flexibility index (Phi) is 8.75. The number of allylic oxidation sites excluding steroid dienone is 4. The molecule has 3 fully saturated rings. The summed E-state index contributed by atoms with van der Waals surface area (Å²) in [7, 11) is 0. The van der Waals surface area contributed by atoms with Gasteiger partial charge in [-0.2, -0.15) is 0 Å². The van der Waals surface area contributed by atoms with E-state index in [1.54, 1.807) is 51.5 Å². The lowest BCUT2D eigenvalue weighted by Gasteiger charge is -2.54. The van der Waals surface area contributed by atoms with E-state index in [4.69, 9.17) is 9.47 Å². The van der Waals surface area contributed by atoms with Crippen molar-refractivity contribution < 1.29 is 44.0 Å². The average Bonchev–Trinajstić information content (AvgIpc) is 3.43. The number of ketones is 1. The molecule has 1 aliphatic carbocycles. The molecule has 44 heavy (non-hydrogen) atoms. The van der Waals surface area contributed by atoms with Crippen LogP contribution in [0.15, 0.2) is 59.6 Å². The smallest absolute Gasteiger partial charge is 0.311 e. The van der Waals surface area contributed by atoms with E-state index < -0.39 is 75.9 Å². The zero-order valence-electron chi connectivity index (χ0n) is 25.4. The van der Waals surface area contributed by atoms with Gasteiger partial charge in [-0.25, -0.2) is 0 Å². The predicted octanol–water partition coefficient (Wildman–Crippen LogP) is 1.66. The van der Waals surface area contributed by atoms with E-state index in [1.165, 1.54) is 41.4 Å². The van der Waals surface area contributed by atoms with E-state index in [0.717, 1.165) is 23.5 Å². The SMILES string of the molecule is CC=C(C)C(=O)C(C)C(O)C(C)C(=O)OC1C=COC=C2CC3(SC)C(=O)N4C5C(=CC=CC5O)C(O)C4(SC)C(=O)N3C21. The standard InChI is InChI=1S/C31H38N2O9S2/c1-7-15(2)24(35)16(3)25(36)17(4)27(38)42-21-11-12-41-14-18-13-30(43-5)28(39)33-23-19(9-8-10-20(23)34)26(37)31(33,44-6)29(40)32(30)22(18)21/h7-12,14,16-17,20-23,25-26,34,36-37H,13H2,1-6H3. The third-order valence-electron chi connectivity index (χ3n) is 9.56. The van der Waals surface area contributed by atoms with Gasteiger partial charge < -0.3 is 34.6 Å². The van der Waals surface area contributed by atoms with Crippen molar-refractivity contribution in [2.24, 2.45) is 11.8 Å². The zero-order valence-corrected chi connectivity index (χ0v) is 27.0. The summed E-state index contributed by atoms with van der Waals surface area (Å²) < 4.78 is 11.5. The van der Waals surface area contributed by atoms with Gasteiger partial charge >= 0.3 is 5.97 Å². The van der Waals surface area contributed by atoms with E-state index >= 15 is 0 Å². The van der Waals surface area contributed by atoms with Crippen LogP contribution in [0, 0.1) is 11.8 Å². The number of carbonyl (C=O) groups is 4. The van der Waals surface area contributed by atoms with E-state index in [2.05, 4.69) is 0 Å². The van der Waals surface area contributed by atoms with Gasteiger partial charge in [0, 0.05) is 12.3 Å². The van der Waals surface area contributed by atoms with E-state index in [-0.39, 0.29) is 12.2 Å². The minimum atomic E-state index is -1.77. The molecule has 2 amide bonds. The summed E-state index contributed by atoms with van der Waals surface area (Å²) in [6, 6.07) is -1.89. The Balaban J connectivity index is 1.52. The van der Waals surface area contributed by atoms with Crippen LogP contribution in [0.2, 0.25) is 0 Å². The van der Waals surface area contributed by atoms with Gasteiger partial charge in [0.05, 0.1) is 42.7 Å². The van der Waals surface area contributed by atoms with Gasteiger partial charge in [-0.15, -0.1) is 23.5 Å². The van der Waals surface area contributed by atoms with Gasteiger partial charge in [0.25, 0.3) is 11.8 Å². The molecule has 3 N–H and O–H groups in total. The molecule has 0 spiro atoms. The monoisotopic (exact) mass is 646 g/mol. The Morgan fingerprint density at radius 3 is 2.43 bits per heavy atom. The molecule has 0 aromatic carbocycles. The lowest BCUT2D eigenvalue weighted by molar-refractivity contribution is -0.174. The fourth-order valence-corrected chi connectivity index (χ4v) is 8.94. The molecule has 4 aliphatic heterocycles. The number of Topliss-reactive ketones (excluding diaryl/α,β-unsaturated/α-hetero) is 1. The van der Waals surface area contributed by atoms with Gasteiger partial charge in [-0.3, -0.25) is 19.2 Å². The summed E-state index contributed by atoms with van der Waals surface area (Å²) in [4.78, 5) is 55.1. The topological polar surface area (TPSA) is 154 Å². The molecule has 4 heterocycles. The summed E-state index contributed by atoms with van der Waals surface area (Å²) in [5.74, 6) is -4.07. The third-order valence-corrected chi connectivity index (χ3v) is 12.0. The van der Waals surface area contributed by atoms with Crippen LogP contribution in [0.25, 0.3) is 0 Å². The van der Waals surface area contributed by atoms with Crippen LogP contribution in [0.3, 0.4) is 0 Å². The molecule has 0 bridgehead atoms. The van der Waals surface area contributed by atoms with Crippen LogP contribution in [0.5, 0.6) is 0 Å². The van der Waals surface area contributed by atoms with E-state index in [9.17, 15) is 34.5 Å². The molecule has 0 radical (unpaired) electrons. The summed E-state index contributed by atoms with van der Waals surface area (Å²) in [5, 5.41) is 33.5. The maximum Gasteiger partial charge on any atom is 0.311 e. The summed E-state index contributed by atoms with van der Waals surface area (Å²) in [6.45, 7) is 6.37. The number of aliphatic hydroxyl groups is 3. The van der Waals surface area contributed by atoms with Crippen LogP contribution in [0.1, 0.15) is 34.1 Å². The largest absolute Gasteiger partial charge is 0.473 e. The number of carbonyl (C=O) groups excluding carboxylic acids is 4. The van der Waals surface area contributed by atoms with Crippen LogP contribution < -0.4 is 0 Å². The zero-order chi connectivity index (χ0) is 32.3. The minimum absolute atomic E-state index is 0.0558. The first kappa shape index (κ1) is 32.6. The summed E-state index contributed by atoms with van der Waals surface area (Å²) in [5.41, 5.74) is 1.36. The lowest BCUT2D eigenvalue weighted by Crippen LogP contribution is -2.76. The van der Waals surface area contributed by atoms with Crippen molar-refractivity contribution in [2.45, 2.75) is 80.4 Å². The Hall–Kier alpha value is -2.84. The van der Waals surface area contributed by atoms with Crippen molar-refractivity contribution >= 4 is 47.1 Å². The normalized spacial score (nSPS) is 36.2. The molecule has 0 aromatic rings. The number of rotatable bonds is 8. The number of hydrogen-bond donors (Lipinski definition) is 3. The molecule has 0 saturated carbocycles. The highest BCUT2D eigenvalue weighted by Gasteiger charge is 2.75.